The van der Waals surface area contributed by atoms with Crippen LogP contribution in [0.5, 0.6) is 5.88 Å². The van der Waals surface area contributed by atoms with Crippen LogP contribution in [0.4, 0.5) is 10.5 Å². The van der Waals surface area contributed by atoms with Crippen molar-refractivity contribution in [3.63, 3.8) is 0 Å². The van der Waals surface area contributed by atoms with Crippen molar-refractivity contribution in [3.8, 4) is 5.88 Å². The number of carbonyl (C=O) groups excluding carboxylic acids is 1. The summed E-state index contributed by atoms with van der Waals surface area (Å²) in [7, 11) is 3.38. The maximum Gasteiger partial charge on any atom is 0.326 e. The van der Waals surface area contributed by atoms with Crippen LogP contribution in [0.2, 0.25) is 0 Å². The van der Waals surface area contributed by atoms with Crippen LogP contribution in [-0.4, -0.2) is 52.3 Å². The van der Waals surface area contributed by atoms with E-state index >= 15 is 0 Å². The summed E-state index contributed by atoms with van der Waals surface area (Å²) in [6, 6.07) is 7.18. The van der Waals surface area contributed by atoms with Crippen molar-refractivity contribution < 1.29 is 9.53 Å². The highest BCUT2D eigenvalue weighted by Crippen LogP contribution is 2.46. The Hall–Kier alpha value is -3.74. The maximum atomic E-state index is 13.3. The summed E-state index contributed by atoms with van der Waals surface area (Å²) in [6.45, 7) is 0. The Morgan fingerprint density at radius 3 is 2.83 bits per heavy atom. The molecule has 1 fully saturated rings. The molecule has 3 aliphatic rings. The van der Waals surface area contributed by atoms with E-state index in [1.165, 1.54) is 0 Å². The van der Waals surface area contributed by atoms with E-state index in [-0.39, 0.29) is 12.1 Å². The van der Waals surface area contributed by atoms with E-state index in [0.717, 1.165) is 17.0 Å². The average molecular weight is 385 g/mol. The predicted octanol–water partition coefficient (Wildman–Crippen LogP) is 2.98. The Bertz CT molecular complexity index is 1090. The van der Waals surface area contributed by atoms with E-state index < -0.39 is 5.54 Å². The van der Waals surface area contributed by atoms with Gasteiger partial charge in [0.1, 0.15) is 5.54 Å². The molecule has 2 aromatic heterocycles. The SMILES string of the molecule is COc1ccc(N2C(=O)N(C)C3C=CC=C4N=C(c5cccnc5)C=CC432)cn1. The molecule has 4 heterocycles. The molecule has 0 N–H and O–H groups in total. The molecule has 0 aromatic carbocycles. The van der Waals surface area contributed by atoms with Crippen molar-refractivity contribution in [2.75, 3.05) is 19.1 Å². The third-order valence-electron chi connectivity index (χ3n) is 5.57. The van der Waals surface area contributed by atoms with Gasteiger partial charge < -0.3 is 9.64 Å². The number of dihydropyridines is 1. The van der Waals surface area contributed by atoms with Crippen LogP contribution in [0.25, 0.3) is 0 Å². The summed E-state index contributed by atoms with van der Waals surface area (Å²) in [5, 5.41) is 0. The Labute approximate surface area is 168 Å². The molecule has 0 radical (unpaired) electrons. The molecule has 29 heavy (non-hydrogen) atoms. The minimum absolute atomic E-state index is 0.107. The topological polar surface area (TPSA) is 70.9 Å². The van der Waals surface area contributed by atoms with E-state index in [0.29, 0.717) is 11.6 Å². The van der Waals surface area contributed by atoms with E-state index in [4.69, 9.17) is 9.73 Å². The standard InChI is InChI=1S/C22H19N5O2/c1-26-19-7-3-6-18-22(19,11-10-17(25-18)15-5-4-12-23-13-15)27(21(26)28)16-8-9-20(29-2)24-14-16/h3-14,19H,1-2H3. The number of urea groups is 1. The number of methoxy groups -OCH3 is 1. The number of ether oxygens (including phenoxy) is 1. The number of amides is 2. The zero-order valence-corrected chi connectivity index (χ0v) is 16.1. The van der Waals surface area contributed by atoms with Gasteiger partial charge in [-0.05, 0) is 36.4 Å². The molecule has 0 saturated carbocycles. The molecule has 7 heteroatoms. The monoisotopic (exact) mass is 385 g/mol. The lowest BCUT2D eigenvalue weighted by atomic mass is 9.80. The largest absolute Gasteiger partial charge is 0.481 e. The number of aliphatic imine (C=N–C) groups is 1. The van der Waals surface area contributed by atoms with Gasteiger partial charge in [-0.2, -0.15) is 0 Å². The van der Waals surface area contributed by atoms with E-state index in [1.807, 2.05) is 49.6 Å². The third kappa shape index (κ3) is 2.44. The Morgan fingerprint density at radius 1 is 1.21 bits per heavy atom. The molecule has 2 unspecified atom stereocenters. The van der Waals surface area contributed by atoms with Crippen LogP contribution in [-0.2, 0) is 0 Å². The Morgan fingerprint density at radius 2 is 2.10 bits per heavy atom. The molecule has 1 saturated heterocycles. The van der Waals surface area contributed by atoms with Gasteiger partial charge in [-0.3, -0.25) is 9.88 Å². The summed E-state index contributed by atoms with van der Waals surface area (Å²) < 4.78 is 5.17. The number of rotatable bonds is 3. The van der Waals surface area contributed by atoms with Crippen molar-refractivity contribution >= 4 is 17.4 Å². The molecule has 2 aromatic rings. The molecule has 2 aliphatic heterocycles. The molecular formula is C22H19N5O2. The summed E-state index contributed by atoms with van der Waals surface area (Å²) in [5.41, 5.74) is 2.51. The Balaban J connectivity index is 1.64. The van der Waals surface area contributed by atoms with Crippen molar-refractivity contribution in [2.45, 2.75) is 11.6 Å². The van der Waals surface area contributed by atoms with Crippen molar-refractivity contribution in [3.05, 3.63) is 84.5 Å². The van der Waals surface area contributed by atoms with Crippen LogP contribution in [0, 0.1) is 0 Å². The second kappa shape index (κ2) is 6.41. The highest BCUT2D eigenvalue weighted by molar-refractivity contribution is 6.11. The molecule has 2 atom stereocenters. The number of allylic oxidation sites excluding steroid dienone is 3. The molecule has 1 aliphatic carbocycles. The van der Waals surface area contributed by atoms with E-state index in [1.54, 1.807) is 41.6 Å². The molecule has 0 bridgehead atoms. The summed E-state index contributed by atoms with van der Waals surface area (Å²) in [6.07, 6.45) is 15.2. The quantitative estimate of drug-likeness (QED) is 0.814. The minimum Gasteiger partial charge on any atom is -0.481 e. The second-order valence-electron chi connectivity index (χ2n) is 7.07. The molecular weight excluding hydrogens is 366 g/mol. The number of hydrogen-bond donors (Lipinski definition) is 0. The average Bonchev–Trinajstić information content (AvgIpc) is 3.00. The number of aromatic nitrogens is 2. The number of likely N-dealkylation sites (N-methyl/N-ethyl adjacent to an activating group) is 1. The van der Waals surface area contributed by atoms with Gasteiger partial charge in [-0.1, -0.05) is 12.2 Å². The molecule has 5 rings (SSSR count). The third-order valence-corrected chi connectivity index (χ3v) is 5.57. The van der Waals surface area contributed by atoms with Gasteiger partial charge in [0.25, 0.3) is 0 Å². The lowest BCUT2D eigenvalue weighted by molar-refractivity contribution is 0.223. The van der Waals surface area contributed by atoms with Crippen LogP contribution < -0.4 is 9.64 Å². The van der Waals surface area contributed by atoms with Gasteiger partial charge in [0.2, 0.25) is 5.88 Å². The first-order chi connectivity index (χ1) is 14.1. The van der Waals surface area contributed by atoms with Crippen LogP contribution >= 0.6 is 0 Å². The first-order valence-electron chi connectivity index (χ1n) is 9.29. The fourth-order valence-electron chi connectivity index (χ4n) is 4.17. The molecule has 7 nitrogen and oxygen atoms in total. The van der Waals surface area contributed by atoms with Crippen LogP contribution in [0.15, 0.2) is 83.9 Å². The van der Waals surface area contributed by atoms with Gasteiger partial charge in [-0.15, -0.1) is 0 Å². The van der Waals surface area contributed by atoms with E-state index in [9.17, 15) is 4.79 Å². The van der Waals surface area contributed by atoms with Crippen molar-refractivity contribution in [1.29, 1.82) is 0 Å². The van der Waals surface area contributed by atoms with Crippen molar-refractivity contribution in [2.24, 2.45) is 4.99 Å². The molecule has 144 valence electrons. The lowest BCUT2D eigenvalue weighted by Gasteiger charge is -2.41. The van der Waals surface area contributed by atoms with Gasteiger partial charge >= 0.3 is 6.03 Å². The number of nitrogens with zero attached hydrogens (tertiary/aromatic N) is 5. The maximum absolute atomic E-state index is 13.3. The number of pyridine rings is 2. The zero-order valence-electron chi connectivity index (χ0n) is 16.1. The fraction of sp³-hybridized carbons (Fsp3) is 0.182. The summed E-state index contributed by atoms with van der Waals surface area (Å²) in [4.78, 5) is 30.2. The zero-order chi connectivity index (χ0) is 20.0. The lowest BCUT2D eigenvalue weighted by Crippen LogP contribution is -2.53. The predicted molar refractivity (Wildman–Crippen MR) is 110 cm³/mol. The van der Waals surface area contributed by atoms with Gasteiger partial charge in [0, 0.05) is 31.1 Å². The summed E-state index contributed by atoms with van der Waals surface area (Å²) in [5.74, 6) is 0.498. The van der Waals surface area contributed by atoms with Gasteiger partial charge in [0.05, 0.1) is 36.4 Å². The van der Waals surface area contributed by atoms with Crippen molar-refractivity contribution in [1.82, 2.24) is 14.9 Å². The fourth-order valence-corrected chi connectivity index (χ4v) is 4.17. The van der Waals surface area contributed by atoms with Crippen LogP contribution in [0.3, 0.4) is 0 Å². The first-order valence-corrected chi connectivity index (χ1v) is 9.29. The first kappa shape index (κ1) is 17.4. The van der Waals surface area contributed by atoms with Gasteiger partial charge in [-0.25, -0.2) is 14.8 Å². The minimum atomic E-state index is -0.734. The van der Waals surface area contributed by atoms with Gasteiger partial charge in [0.15, 0.2) is 0 Å². The normalized spacial score (nSPS) is 24.8. The smallest absolute Gasteiger partial charge is 0.326 e. The van der Waals surface area contributed by atoms with E-state index in [2.05, 4.69) is 16.0 Å². The number of anilines is 1. The molecule has 1 spiro atoms. The second-order valence-corrected chi connectivity index (χ2v) is 7.07. The highest BCUT2D eigenvalue weighted by atomic mass is 16.5. The highest BCUT2D eigenvalue weighted by Gasteiger charge is 2.58. The summed E-state index contributed by atoms with van der Waals surface area (Å²) >= 11 is 0. The Kier molecular flexibility index (Phi) is 3.84. The molecule has 2 amide bonds. The number of carbonyl (C=O) groups is 1. The number of hydrogen-bond acceptors (Lipinski definition) is 5. The van der Waals surface area contributed by atoms with Crippen LogP contribution in [0.1, 0.15) is 5.56 Å².